The Morgan fingerprint density at radius 3 is 2.41 bits per heavy atom. The molecule has 0 heterocycles. The van der Waals surface area contributed by atoms with Crippen LogP contribution < -0.4 is 9.47 Å². The van der Waals surface area contributed by atoms with Gasteiger partial charge in [0.1, 0.15) is 11.5 Å². The molecule has 170 valence electrons. The Labute approximate surface area is 184 Å². The van der Waals surface area contributed by atoms with Crippen molar-refractivity contribution >= 4 is 18.0 Å². The van der Waals surface area contributed by atoms with Crippen molar-refractivity contribution in [2.24, 2.45) is 0 Å². The fourth-order valence-corrected chi connectivity index (χ4v) is 2.54. The normalized spacial score (nSPS) is 11.2. The molecule has 0 amide bonds. The molecule has 0 aliphatic rings. The summed E-state index contributed by atoms with van der Waals surface area (Å²) in [6, 6.07) is 13.5. The van der Waals surface area contributed by atoms with Crippen molar-refractivity contribution in [1.82, 2.24) is 0 Å². The van der Waals surface area contributed by atoms with Gasteiger partial charge in [0, 0.05) is 25.0 Å². The van der Waals surface area contributed by atoms with Gasteiger partial charge in [0.05, 0.1) is 13.2 Å². The second kappa shape index (κ2) is 12.3. The van der Waals surface area contributed by atoms with Gasteiger partial charge in [-0.2, -0.15) is 13.2 Å². The highest BCUT2D eigenvalue weighted by atomic mass is 19.4. The molecule has 2 aromatic rings. The molecule has 8 heteroatoms. The number of ether oxygens (including phenoxy) is 3. The van der Waals surface area contributed by atoms with Crippen molar-refractivity contribution in [2.45, 2.75) is 25.4 Å². The van der Waals surface area contributed by atoms with Gasteiger partial charge >= 0.3 is 18.1 Å². The van der Waals surface area contributed by atoms with Crippen LogP contribution in [0.25, 0.3) is 6.08 Å². The van der Waals surface area contributed by atoms with Crippen LogP contribution in [0.4, 0.5) is 13.2 Å². The van der Waals surface area contributed by atoms with Crippen LogP contribution in [0.5, 0.6) is 11.5 Å². The Hall–Kier alpha value is -3.55. The van der Waals surface area contributed by atoms with Gasteiger partial charge in [0.15, 0.2) is 0 Å². The van der Waals surface area contributed by atoms with Gasteiger partial charge in [-0.1, -0.05) is 30.8 Å². The average Bonchev–Trinajstić information content (AvgIpc) is 2.75. The summed E-state index contributed by atoms with van der Waals surface area (Å²) in [5.74, 6) is -0.245. The molecular weight excluding hydrogens is 425 g/mol. The fraction of sp³-hybridized carbons (Fsp3) is 0.250. The lowest BCUT2D eigenvalue weighted by Gasteiger charge is -2.08. The minimum absolute atomic E-state index is 0.0272. The number of rotatable bonds is 11. The van der Waals surface area contributed by atoms with E-state index >= 15 is 0 Å². The second-order valence-electron chi connectivity index (χ2n) is 6.66. The monoisotopic (exact) mass is 448 g/mol. The van der Waals surface area contributed by atoms with Crippen molar-refractivity contribution in [3.05, 3.63) is 78.4 Å². The molecule has 0 unspecified atom stereocenters. The molecular formula is C24H23F3O5. The van der Waals surface area contributed by atoms with Crippen LogP contribution in [0, 0.1) is 0 Å². The molecule has 0 fully saturated rings. The molecule has 0 N–H and O–H groups in total. The highest BCUT2D eigenvalue weighted by Gasteiger charge is 2.26. The minimum atomic E-state index is -4.18. The summed E-state index contributed by atoms with van der Waals surface area (Å²) in [5.41, 5.74) is 1.54. The molecule has 0 saturated heterocycles. The van der Waals surface area contributed by atoms with Crippen LogP contribution >= 0.6 is 0 Å². The number of alkyl halides is 3. The highest BCUT2D eigenvalue weighted by molar-refractivity contribution is 5.87. The molecule has 0 aliphatic carbocycles. The van der Waals surface area contributed by atoms with Crippen molar-refractivity contribution < 1.29 is 37.0 Å². The van der Waals surface area contributed by atoms with E-state index in [9.17, 15) is 22.8 Å². The van der Waals surface area contributed by atoms with E-state index in [0.29, 0.717) is 23.5 Å². The molecule has 0 aromatic heterocycles. The van der Waals surface area contributed by atoms with E-state index in [0.717, 1.165) is 11.6 Å². The lowest BCUT2D eigenvalue weighted by Crippen LogP contribution is -2.09. The predicted molar refractivity (Wildman–Crippen MR) is 113 cm³/mol. The number of carbonyl (C=O) groups excluding carboxylic acids is 2. The van der Waals surface area contributed by atoms with Gasteiger partial charge in [-0.25, -0.2) is 9.59 Å². The van der Waals surface area contributed by atoms with Gasteiger partial charge in [-0.05, 0) is 47.9 Å². The lowest BCUT2D eigenvalue weighted by atomic mass is 10.1. The molecule has 2 aromatic carbocycles. The molecule has 0 radical (unpaired) electrons. The van der Waals surface area contributed by atoms with Crippen LogP contribution in [0.15, 0.2) is 67.3 Å². The van der Waals surface area contributed by atoms with Crippen LogP contribution in [-0.2, 0) is 20.7 Å². The first kappa shape index (κ1) is 24.7. The van der Waals surface area contributed by atoms with E-state index in [1.165, 1.54) is 6.08 Å². The Morgan fingerprint density at radius 1 is 0.969 bits per heavy atom. The first-order chi connectivity index (χ1) is 15.2. The van der Waals surface area contributed by atoms with Crippen LogP contribution in [-0.4, -0.2) is 31.3 Å². The van der Waals surface area contributed by atoms with E-state index in [2.05, 4.69) is 6.58 Å². The summed E-state index contributed by atoms with van der Waals surface area (Å²) in [7, 11) is 0. The quantitative estimate of drug-likeness (QED) is 0.202. The van der Waals surface area contributed by atoms with Crippen molar-refractivity contribution in [3.8, 4) is 11.5 Å². The van der Waals surface area contributed by atoms with E-state index in [-0.39, 0.29) is 19.6 Å². The maximum absolute atomic E-state index is 12.1. The molecule has 32 heavy (non-hydrogen) atoms. The van der Waals surface area contributed by atoms with Gasteiger partial charge in [0.25, 0.3) is 0 Å². The average molecular weight is 448 g/mol. The number of hydrogen-bond donors (Lipinski definition) is 0. The third-order valence-electron chi connectivity index (χ3n) is 4.08. The van der Waals surface area contributed by atoms with E-state index in [4.69, 9.17) is 14.2 Å². The van der Waals surface area contributed by atoms with Crippen LogP contribution in [0.2, 0.25) is 0 Å². The standard InChI is InChI=1S/C24H23F3O5/c1-2-22(28)32-21-6-3-5-19(17-21)13-16-31-23(29)12-9-18-7-10-20(11-8-18)30-15-4-14-24(25,26)27/h2-3,5-12,17H,1,4,13-16H2. The van der Waals surface area contributed by atoms with E-state index < -0.39 is 24.5 Å². The van der Waals surface area contributed by atoms with Crippen molar-refractivity contribution in [2.75, 3.05) is 13.2 Å². The Bertz CT molecular complexity index is 933. The number of halogens is 3. The zero-order chi connectivity index (χ0) is 23.4. The zero-order valence-corrected chi connectivity index (χ0v) is 17.3. The molecule has 0 saturated carbocycles. The van der Waals surface area contributed by atoms with Crippen molar-refractivity contribution in [3.63, 3.8) is 0 Å². The number of carbonyl (C=O) groups is 2. The maximum atomic E-state index is 12.1. The molecule has 0 bridgehead atoms. The molecule has 2 rings (SSSR count). The third-order valence-corrected chi connectivity index (χ3v) is 4.08. The SMILES string of the molecule is C=CC(=O)Oc1cccc(CCOC(=O)C=Cc2ccc(OCCCC(F)(F)F)cc2)c1. The summed E-state index contributed by atoms with van der Waals surface area (Å²) in [4.78, 5) is 23.1. The Balaban J connectivity index is 1.72. The summed E-state index contributed by atoms with van der Waals surface area (Å²) in [6.45, 7) is 3.45. The Kier molecular flexibility index (Phi) is 9.53. The molecule has 5 nitrogen and oxygen atoms in total. The third kappa shape index (κ3) is 9.97. The molecule has 0 atom stereocenters. The lowest BCUT2D eigenvalue weighted by molar-refractivity contribution is -0.138. The summed E-state index contributed by atoms with van der Waals surface area (Å²) in [6.07, 6.45) is -0.825. The number of esters is 2. The number of hydrogen-bond acceptors (Lipinski definition) is 5. The zero-order valence-electron chi connectivity index (χ0n) is 17.3. The van der Waals surface area contributed by atoms with Crippen LogP contribution in [0.3, 0.4) is 0 Å². The maximum Gasteiger partial charge on any atom is 0.389 e. The first-order valence-electron chi connectivity index (χ1n) is 9.83. The summed E-state index contributed by atoms with van der Waals surface area (Å²) >= 11 is 0. The topological polar surface area (TPSA) is 61.8 Å². The highest BCUT2D eigenvalue weighted by Crippen LogP contribution is 2.22. The smallest absolute Gasteiger partial charge is 0.389 e. The number of benzene rings is 2. The largest absolute Gasteiger partial charge is 0.494 e. The van der Waals surface area contributed by atoms with Gasteiger partial charge in [-0.3, -0.25) is 0 Å². The van der Waals surface area contributed by atoms with Crippen LogP contribution in [0.1, 0.15) is 24.0 Å². The molecule has 0 spiro atoms. The predicted octanol–water partition coefficient (Wildman–Crippen LogP) is 5.30. The van der Waals surface area contributed by atoms with Gasteiger partial charge < -0.3 is 14.2 Å². The van der Waals surface area contributed by atoms with E-state index in [1.807, 2.05) is 6.07 Å². The van der Waals surface area contributed by atoms with Gasteiger partial charge in [0.2, 0.25) is 0 Å². The fourth-order valence-electron chi connectivity index (χ4n) is 2.54. The second-order valence-corrected chi connectivity index (χ2v) is 6.66. The minimum Gasteiger partial charge on any atom is -0.494 e. The summed E-state index contributed by atoms with van der Waals surface area (Å²) in [5, 5.41) is 0. The van der Waals surface area contributed by atoms with Crippen molar-refractivity contribution in [1.29, 1.82) is 0 Å². The first-order valence-corrected chi connectivity index (χ1v) is 9.83. The van der Waals surface area contributed by atoms with E-state index in [1.54, 1.807) is 48.5 Å². The Morgan fingerprint density at radius 2 is 1.72 bits per heavy atom. The van der Waals surface area contributed by atoms with Gasteiger partial charge in [-0.15, -0.1) is 0 Å². The molecule has 0 aliphatic heterocycles. The summed E-state index contributed by atoms with van der Waals surface area (Å²) < 4.78 is 51.8.